The summed E-state index contributed by atoms with van der Waals surface area (Å²) in [7, 11) is 1.42. The molecule has 0 spiro atoms. The van der Waals surface area contributed by atoms with E-state index in [9.17, 15) is 13.6 Å². The molecule has 0 atom stereocenters. The summed E-state index contributed by atoms with van der Waals surface area (Å²) in [6, 6.07) is 5.91. The van der Waals surface area contributed by atoms with Gasteiger partial charge in [0.05, 0.1) is 7.11 Å². The Bertz CT molecular complexity index is 602. The van der Waals surface area contributed by atoms with Crippen LogP contribution in [-0.2, 0) is 0 Å². The number of carbonyl (C=O) groups excluding carboxylic acids is 1. The van der Waals surface area contributed by atoms with Crippen molar-refractivity contribution >= 4 is 11.6 Å². The van der Waals surface area contributed by atoms with Gasteiger partial charge in [0.2, 0.25) is 5.88 Å². The highest BCUT2D eigenvalue weighted by atomic mass is 19.2. The largest absolute Gasteiger partial charge is 0.480 e. The predicted molar refractivity (Wildman–Crippen MR) is 62.9 cm³/mol. The van der Waals surface area contributed by atoms with Crippen LogP contribution < -0.4 is 10.1 Å². The number of aromatic nitrogens is 2. The van der Waals surface area contributed by atoms with E-state index in [-0.39, 0.29) is 17.3 Å². The van der Waals surface area contributed by atoms with Crippen molar-refractivity contribution in [2.45, 2.75) is 0 Å². The molecule has 0 aliphatic heterocycles. The first-order valence-electron chi connectivity index (χ1n) is 5.24. The van der Waals surface area contributed by atoms with Gasteiger partial charge in [-0.3, -0.25) is 4.79 Å². The maximum Gasteiger partial charge on any atom is 0.276 e. The van der Waals surface area contributed by atoms with Gasteiger partial charge in [-0.25, -0.2) is 8.78 Å². The third-order valence-corrected chi connectivity index (χ3v) is 2.26. The molecule has 2 aromatic rings. The number of benzene rings is 1. The van der Waals surface area contributed by atoms with Crippen molar-refractivity contribution in [2.75, 3.05) is 12.4 Å². The first kappa shape index (κ1) is 12.9. The van der Waals surface area contributed by atoms with Crippen LogP contribution in [0.25, 0.3) is 0 Å². The van der Waals surface area contributed by atoms with Gasteiger partial charge in [-0.15, -0.1) is 10.2 Å². The fraction of sp³-hybridized carbons (Fsp3) is 0.0833. The Hall–Kier alpha value is -2.57. The monoisotopic (exact) mass is 265 g/mol. The van der Waals surface area contributed by atoms with Gasteiger partial charge in [-0.2, -0.15) is 0 Å². The van der Waals surface area contributed by atoms with Crippen LogP contribution in [0.1, 0.15) is 10.5 Å². The lowest BCUT2D eigenvalue weighted by atomic mass is 10.3. The third-order valence-electron chi connectivity index (χ3n) is 2.26. The smallest absolute Gasteiger partial charge is 0.276 e. The van der Waals surface area contributed by atoms with E-state index in [1.54, 1.807) is 0 Å². The molecule has 0 radical (unpaired) electrons. The number of nitrogens with one attached hydrogen (secondary N) is 1. The number of hydrogen-bond donors (Lipinski definition) is 1. The van der Waals surface area contributed by atoms with Crippen LogP contribution in [0.15, 0.2) is 30.3 Å². The number of methoxy groups -OCH3 is 1. The molecule has 19 heavy (non-hydrogen) atoms. The van der Waals surface area contributed by atoms with E-state index in [1.807, 2.05) is 0 Å². The van der Waals surface area contributed by atoms with Gasteiger partial charge in [0.25, 0.3) is 5.91 Å². The molecule has 0 saturated carbocycles. The van der Waals surface area contributed by atoms with Gasteiger partial charge in [0.1, 0.15) is 0 Å². The topological polar surface area (TPSA) is 64.1 Å². The SMILES string of the molecule is COc1ccc(C(=O)Nc2ccc(F)c(F)c2)nn1. The molecule has 0 aliphatic rings. The molecule has 98 valence electrons. The van der Waals surface area contributed by atoms with Crippen molar-refractivity contribution in [1.82, 2.24) is 10.2 Å². The van der Waals surface area contributed by atoms with Crippen LogP contribution in [0.2, 0.25) is 0 Å². The molecule has 1 heterocycles. The van der Waals surface area contributed by atoms with E-state index >= 15 is 0 Å². The number of carbonyl (C=O) groups is 1. The minimum Gasteiger partial charge on any atom is -0.480 e. The normalized spacial score (nSPS) is 10.1. The van der Waals surface area contributed by atoms with Crippen LogP contribution in [-0.4, -0.2) is 23.2 Å². The Morgan fingerprint density at radius 2 is 1.95 bits per heavy atom. The molecule has 2 rings (SSSR count). The van der Waals surface area contributed by atoms with E-state index in [0.717, 1.165) is 12.1 Å². The second-order valence-electron chi connectivity index (χ2n) is 3.54. The van der Waals surface area contributed by atoms with E-state index in [2.05, 4.69) is 15.5 Å². The number of ether oxygens (including phenoxy) is 1. The molecule has 5 nitrogen and oxygen atoms in total. The van der Waals surface area contributed by atoms with Crippen molar-refractivity contribution < 1.29 is 18.3 Å². The van der Waals surface area contributed by atoms with Crippen LogP contribution >= 0.6 is 0 Å². The average molecular weight is 265 g/mol. The molecule has 0 bridgehead atoms. The number of rotatable bonds is 3. The minimum absolute atomic E-state index is 0.0329. The highest BCUT2D eigenvalue weighted by Gasteiger charge is 2.10. The molecule has 1 N–H and O–H groups in total. The van der Waals surface area contributed by atoms with Gasteiger partial charge >= 0.3 is 0 Å². The molecule has 1 aromatic heterocycles. The van der Waals surface area contributed by atoms with E-state index < -0.39 is 17.5 Å². The van der Waals surface area contributed by atoms with Crippen LogP contribution in [0.3, 0.4) is 0 Å². The number of nitrogens with zero attached hydrogens (tertiary/aromatic N) is 2. The highest BCUT2D eigenvalue weighted by molar-refractivity contribution is 6.02. The quantitative estimate of drug-likeness (QED) is 0.922. The zero-order valence-corrected chi connectivity index (χ0v) is 9.85. The van der Waals surface area contributed by atoms with E-state index in [1.165, 1.54) is 25.3 Å². The lowest BCUT2D eigenvalue weighted by Gasteiger charge is -2.05. The maximum absolute atomic E-state index is 13.0. The molecule has 1 aromatic carbocycles. The Morgan fingerprint density at radius 3 is 2.53 bits per heavy atom. The summed E-state index contributed by atoms with van der Waals surface area (Å²) in [6.45, 7) is 0. The number of hydrogen-bond acceptors (Lipinski definition) is 4. The molecule has 1 amide bonds. The fourth-order valence-electron chi connectivity index (χ4n) is 1.32. The van der Waals surface area contributed by atoms with Gasteiger partial charge < -0.3 is 10.1 Å². The Morgan fingerprint density at radius 1 is 1.16 bits per heavy atom. The van der Waals surface area contributed by atoms with Crippen LogP contribution in [0.4, 0.5) is 14.5 Å². The Kier molecular flexibility index (Phi) is 3.65. The van der Waals surface area contributed by atoms with Crippen molar-refractivity contribution in [3.8, 4) is 5.88 Å². The van der Waals surface area contributed by atoms with E-state index in [4.69, 9.17) is 4.74 Å². The second-order valence-corrected chi connectivity index (χ2v) is 3.54. The summed E-state index contributed by atoms with van der Waals surface area (Å²) in [5, 5.41) is 9.63. The number of anilines is 1. The molecule has 0 saturated heterocycles. The van der Waals surface area contributed by atoms with Crippen molar-refractivity contribution in [1.29, 1.82) is 0 Å². The summed E-state index contributed by atoms with van der Waals surface area (Å²) < 4.78 is 30.5. The van der Waals surface area contributed by atoms with Crippen LogP contribution in [0, 0.1) is 11.6 Å². The molecular formula is C12H9F2N3O2. The maximum atomic E-state index is 13.0. The molecule has 0 fully saturated rings. The summed E-state index contributed by atoms with van der Waals surface area (Å²) in [6.07, 6.45) is 0. The number of halogens is 2. The lowest BCUT2D eigenvalue weighted by Crippen LogP contribution is -2.14. The summed E-state index contributed by atoms with van der Waals surface area (Å²) in [5.41, 5.74) is 0.159. The zero-order chi connectivity index (χ0) is 13.8. The van der Waals surface area contributed by atoms with Crippen molar-refractivity contribution in [3.63, 3.8) is 0 Å². The Balaban J connectivity index is 2.13. The summed E-state index contributed by atoms with van der Waals surface area (Å²) in [4.78, 5) is 11.7. The van der Waals surface area contributed by atoms with Crippen LogP contribution in [0.5, 0.6) is 5.88 Å². The van der Waals surface area contributed by atoms with Gasteiger partial charge in [0, 0.05) is 17.8 Å². The Labute approximate surface area is 107 Å². The number of amides is 1. The highest BCUT2D eigenvalue weighted by Crippen LogP contribution is 2.14. The predicted octanol–water partition coefficient (Wildman–Crippen LogP) is 2.02. The van der Waals surface area contributed by atoms with Gasteiger partial charge in [-0.05, 0) is 18.2 Å². The zero-order valence-electron chi connectivity index (χ0n) is 9.85. The molecule has 7 heteroatoms. The first-order valence-corrected chi connectivity index (χ1v) is 5.24. The minimum atomic E-state index is -1.04. The fourth-order valence-corrected chi connectivity index (χ4v) is 1.32. The average Bonchev–Trinajstić information content (AvgIpc) is 2.43. The summed E-state index contributed by atoms with van der Waals surface area (Å²) in [5.74, 6) is -2.34. The van der Waals surface area contributed by atoms with Crippen molar-refractivity contribution in [2.24, 2.45) is 0 Å². The van der Waals surface area contributed by atoms with Gasteiger partial charge in [-0.1, -0.05) is 0 Å². The standard InChI is InChI=1S/C12H9F2N3O2/c1-19-11-5-4-10(16-17-11)12(18)15-7-2-3-8(13)9(14)6-7/h2-6H,1H3,(H,15,18). The second kappa shape index (κ2) is 5.38. The molecule has 0 unspecified atom stereocenters. The van der Waals surface area contributed by atoms with Gasteiger partial charge in [0.15, 0.2) is 17.3 Å². The summed E-state index contributed by atoms with van der Waals surface area (Å²) >= 11 is 0. The third kappa shape index (κ3) is 3.01. The lowest BCUT2D eigenvalue weighted by molar-refractivity contribution is 0.102. The molecule has 0 aliphatic carbocycles. The van der Waals surface area contributed by atoms with Crippen molar-refractivity contribution in [3.05, 3.63) is 47.7 Å². The first-order chi connectivity index (χ1) is 9.10. The molecular weight excluding hydrogens is 256 g/mol. The van der Waals surface area contributed by atoms with E-state index in [0.29, 0.717) is 0 Å².